The molecule has 0 saturated carbocycles. The van der Waals surface area contributed by atoms with Crippen LogP contribution in [0.5, 0.6) is 0 Å². The van der Waals surface area contributed by atoms with Gasteiger partial charge in [-0.3, -0.25) is 4.79 Å². The summed E-state index contributed by atoms with van der Waals surface area (Å²) in [6, 6.07) is 8.55. The van der Waals surface area contributed by atoms with Gasteiger partial charge in [-0.15, -0.1) is 10.2 Å². The largest absolute Gasteiger partial charge is 0.357 e. The number of halogens is 1. The van der Waals surface area contributed by atoms with Crippen molar-refractivity contribution in [2.45, 2.75) is 26.3 Å². The molecule has 0 radical (unpaired) electrons. The number of benzene rings is 1. The van der Waals surface area contributed by atoms with Crippen molar-refractivity contribution in [3.8, 4) is 0 Å². The first-order valence-electron chi connectivity index (χ1n) is 9.00. The van der Waals surface area contributed by atoms with Crippen LogP contribution in [0, 0.1) is 5.82 Å². The first-order valence-corrected chi connectivity index (χ1v) is 9.00. The summed E-state index contributed by atoms with van der Waals surface area (Å²) in [6.07, 6.45) is 1.57. The monoisotopic (exact) mass is 368 g/mol. The predicted molar refractivity (Wildman–Crippen MR) is 98.9 cm³/mol. The lowest BCUT2D eigenvalue weighted by Crippen LogP contribution is -2.50. The molecule has 8 heteroatoms. The van der Waals surface area contributed by atoms with Crippen LogP contribution in [-0.2, 0) is 11.3 Å². The fourth-order valence-electron chi connectivity index (χ4n) is 3.26. The van der Waals surface area contributed by atoms with Crippen LogP contribution in [0.4, 0.5) is 10.1 Å². The van der Waals surface area contributed by atoms with Gasteiger partial charge in [0.2, 0.25) is 11.6 Å². The highest BCUT2D eigenvalue weighted by Crippen LogP contribution is 2.25. The fraction of sp³-hybridized carbons (Fsp3) is 0.368. The maximum absolute atomic E-state index is 13.9. The van der Waals surface area contributed by atoms with Crippen molar-refractivity contribution in [2.24, 2.45) is 0 Å². The third-order valence-corrected chi connectivity index (χ3v) is 4.84. The fourth-order valence-corrected chi connectivity index (χ4v) is 3.26. The summed E-state index contributed by atoms with van der Waals surface area (Å²) < 4.78 is 15.6. The van der Waals surface area contributed by atoms with Gasteiger partial charge in [-0.2, -0.15) is 9.61 Å². The van der Waals surface area contributed by atoms with Gasteiger partial charge in [0.25, 0.3) is 0 Å². The first-order chi connectivity index (χ1) is 13.0. The minimum Gasteiger partial charge on any atom is -0.357 e. The molecular weight excluding hydrogens is 347 g/mol. The van der Waals surface area contributed by atoms with Gasteiger partial charge in [0.05, 0.1) is 17.9 Å². The molecule has 3 heterocycles. The van der Waals surface area contributed by atoms with Gasteiger partial charge < -0.3 is 9.80 Å². The van der Waals surface area contributed by atoms with E-state index in [-0.39, 0.29) is 30.7 Å². The van der Waals surface area contributed by atoms with E-state index in [0.717, 1.165) is 11.4 Å². The zero-order valence-corrected chi connectivity index (χ0v) is 15.3. The lowest BCUT2D eigenvalue weighted by atomic mass is 10.1. The molecule has 3 aromatic rings. The molecule has 2 aromatic heterocycles. The molecule has 7 nitrogen and oxygen atoms in total. The van der Waals surface area contributed by atoms with Crippen molar-refractivity contribution >= 4 is 17.2 Å². The average Bonchev–Trinajstić information content (AvgIpc) is 3.13. The van der Waals surface area contributed by atoms with E-state index in [2.05, 4.69) is 29.1 Å². The Kier molecular flexibility index (Phi) is 4.47. The molecule has 140 valence electrons. The van der Waals surface area contributed by atoms with E-state index in [4.69, 9.17) is 0 Å². The average molecular weight is 368 g/mol. The van der Waals surface area contributed by atoms with Crippen LogP contribution in [0.15, 0.2) is 36.7 Å². The molecule has 1 fully saturated rings. The third-order valence-electron chi connectivity index (χ3n) is 4.84. The molecule has 4 rings (SSSR count). The topological polar surface area (TPSA) is 66.6 Å². The van der Waals surface area contributed by atoms with Crippen LogP contribution >= 0.6 is 0 Å². The van der Waals surface area contributed by atoms with E-state index in [1.165, 1.54) is 6.07 Å². The zero-order valence-electron chi connectivity index (χ0n) is 15.3. The minimum absolute atomic E-state index is 0.0370. The van der Waals surface area contributed by atoms with Gasteiger partial charge in [-0.1, -0.05) is 32.0 Å². The van der Waals surface area contributed by atoms with Gasteiger partial charge in [0.15, 0.2) is 0 Å². The number of aromatic nitrogens is 4. The Hall–Kier alpha value is -3.03. The Morgan fingerprint density at radius 1 is 1.22 bits per heavy atom. The normalized spacial score (nSPS) is 15.2. The summed E-state index contributed by atoms with van der Waals surface area (Å²) >= 11 is 0. The van der Waals surface area contributed by atoms with Crippen molar-refractivity contribution < 1.29 is 9.18 Å². The Morgan fingerprint density at radius 2 is 2.04 bits per heavy atom. The van der Waals surface area contributed by atoms with Crippen LogP contribution in [0.3, 0.4) is 0 Å². The van der Waals surface area contributed by atoms with Crippen LogP contribution in [0.1, 0.15) is 31.0 Å². The maximum Gasteiger partial charge on any atom is 0.242 e. The molecule has 1 saturated heterocycles. The third kappa shape index (κ3) is 3.34. The molecule has 0 aliphatic carbocycles. The SMILES string of the molecule is CC(C)c1cc(N2CCN(Cc3ccccc3F)C(=O)C2)c2nncn2n1. The second kappa shape index (κ2) is 6.94. The number of nitrogens with zero attached hydrogens (tertiary/aromatic N) is 6. The van der Waals surface area contributed by atoms with E-state index >= 15 is 0 Å². The summed E-state index contributed by atoms with van der Waals surface area (Å²) in [7, 11) is 0. The van der Waals surface area contributed by atoms with Gasteiger partial charge in [0.1, 0.15) is 12.1 Å². The van der Waals surface area contributed by atoms with E-state index in [1.807, 2.05) is 11.0 Å². The Balaban J connectivity index is 1.56. The number of carbonyl (C=O) groups is 1. The number of fused-ring (bicyclic) bond motifs is 1. The van der Waals surface area contributed by atoms with Crippen LogP contribution in [-0.4, -0.2) is 50.3 Å². The molecule has 1 amide bonds. The summed E-state index contributed by atoms with van der Waals surface area (Å²) in [6.45, 7) is 5.81. The van der Waals surface area contributed by atoms with Gasteiger partial charge in [0, 0.05) is 25.2 Å². The Morgan fingerprint density at radius 3 is 2.78 bits per heavy atom. The van der Waals surface area contributed by atoms with E-state index in [9.17, 15) is 9.18 Å². The molecule has 0 unspecified atom stereocenters. The highest BCUT2D eigenvalue weighted by atomic mass is 19.1. The molecule has 27 heavy (non-hydrogen) atoms. The number of hydrogen-bond donors (Lipinski definition) is 0. The summed E-state index contributed by atoms with van der Waals surface area (Å²) in [4.78, 5) is 16.4. The van der Waals surface area contributed by atoms with Crippen molar-refractivity contribution in [1.29, 1.82) is 0 Å². The van der Waals surface area contributed by atoms with E-state index < -0.39 is 0 Å². The van der Waals surface area contributed by atoms with Crippen molar-refractivity contribution in [3.63, 3.8) is 0 Å². The summed E-state index contributed by atoms with van der Waals surface area (Å²) in [5, 5.41) is 12.6. The predicted octanol–water partition coefficient (Wildman–Crippen LogP) is 2.24. The van der Waals surface area contributed by atoms with Crippen molar-refractivity contribution in [2.75, 3.05) is 24.5 Å². The van der Waals surface area contributed by atoms with E-state index in [1.54, 1.807) is 33.9 Å². The molecule has 1 aliphatic rings. The van der Waals surface area contributed by atoms with Gasteiger partial charge >= 0.3 is 0 Å². The van der Waals surface area contributed by atoms with Crippen LogP contribution in [0.2, 0.25) is 0 Å². The Labute approximate surface area is 156 Å². The first kappa shape index (κ1) is 17.4. The highest BCUT2D eigenvalue weighted by Gasteiger charge is 2.27. The van der Waals surface area contributed by atoms with E-state index in [0.29, 0.717) is 24.3 Å². The number of rotatable bonds is 4. The molecule has 1 aliphatic heterocycles. The number of hydrogen-bond acceptors (Lipinski definition) is 5. The molecule has 0 atom stereocenters. The summed E-state index contributed by atoms with van der Waals surface area (Å²) in [5.74, 6) is -0.0766. The maximum atomic E-state index is 13.9. The number of piperazine rings is 1. The molecule has 0 bridgehead atoms. The standard InChI is InChI=1S/C19H21FN6O/c1-13(2)16-9-17(19-22-21-12-26(19)23-16)24-7-8-25(18(27)11-24)10-14-5-3-4-6-15(14)20/h3-6,9,12-13H,7-8,10-11H2,1-2H3. The number of amides is 1. The van der Waals surface area contributed by atoms with Crippen LogP contribution < -0.4 is 4.90 Å². The van der Waals surface area contributed by atoms with Gasteiger partial charge in [-0.25, -0.2) is 4.39 Å². The minimum atomic E-state index is -0.284. The zero-order chi connectivity index (χ0) is 19.0. The molecule has 1 aromatic carbocycles. The van der Waals surface area contributed by atoms with Gasteiger partial charge in [-0.05, 0) is 18.1 Å². The second-order valence-corrected chi connectivity index (χ2v) is 7.04. The lowest BCUT2D eigenvalue weighted by molar-refractivity contribution is -0.131. The lowest BCUT2D eigenvalue weighted by Gasteiger charge is -2.35. The smallest absolute Gasteiger partial charge is 0.242 e. The molecule has 0 spiro atoms. The summed E-state index contributed by atoms with van der Waals surface area (Å²) in [5.41, 5.74) is 2.93. The Bertz CT molecular complexity index is 985. The second-order valence-electron chi connectivity index (χ2n) is 7.04. The highest BCUT2D eigenvalue weighted by molar-refractivity contribution is 5.84. The quantitative estimate of drug-likeness (QED) is 0.707. The van der Waals surface area contributed by atoms with Crippen molar-refractivity contribution in [3.05, 3.63) is 53.7 Å². The number of carbonyl (C=O) groups excluding carboxylic acids is 1. The molecular formula is C19H21FN6O. The number of anilines is 1. The molecule has 0 N–H and O–H groups in total. The van der Waals surface area contributed by atoms with Crippen LogP contribution in [0.25, 0.3) is 5.65 Å². The van der Waals surface area contributed by atoms with Crippen molar-refractivity contribution in [1.82, 2.24) is 24.7 Å².